The zero-order valence-electron chi connectivity index (χ0n) is 14.3. The van der Waals surface area contributed by atoms with Gasteiger partial charge in [0.1, 0.15) is 6.61 Å². The van der Waals surface area contributed by atoms with Crippen molar-refractivity contribution in [1.82, 2.24) is 4.98 Å². The van der Waals surface area contributed by atoms with Crippen LogP contribution in [0.5, 0.6) is 5.75 Å². The molecule has 1 heterocycles. The number of hydrogen-bond acceptors (Lipinski definition) is 4. The molecule has 5 nitrogen and oxygen atoms in total. The number of pyridine rings is 1. The number of anilines is 1. The van der Waals surface area contributed by atoms with Gasteiger partial charge in [0.15, 0.2) is 11.6 Å². The van der Waals surface area contributed by atoms with Crippen molar-refractivity contribution in [1.29, 1.82) is 5.26 Å². The van der Waals surface area contributed by atoms with E-state index in [1.54, 1.807) is 36.5 Å². The van der Waals surface area contributed by atoms with Crippen molar-refractivity contribution >= 4 is 11.7 Å². The van der Waals surface area contributed by atoms with Gasteiger partial charge in [-0.3, -0.25) is 4.79 Å². The molecule has 1 N–H and O–H groups in total. The third-order valence-corrected chi connectivity index (χ3v) is 3.90. The largest absolute Gasteiger partial charge is 0.485 e. The summed E-state index contributed by atoms with van der Waals surface area (Å²) in [6, 6.07) is 20.0. The third kappa shape index (κ3) is 4.05. The molecular formula is C21H17N3O2. The molecule has 0 radical (unpaired) electrons. The zero-order chi connectivity index (χ0) is 18.4. The fraction of sp³-hybridized carbons (Fsp3) is 0.0952. The van der Waals surface area contributed by atoms with E-state index >= 15 is 0 Å². The smallest absolute Gasteiger partial charge is 0.256 e. The summed E-state index contributed by atoms with van der Waals surface area (Å²) in [5.74, 6) is 0.482. The van der Waals surface area contributed by atoms with Gasteiger partial charge in [-0.1, -0.05) is 30.3 Å². The lowest BCUT2D eigenvalue weighted by Gasteiger charge is -2.12. The molecule has 0 atom stereocenters. The van der Waals surface area contributed by atoms with E-state index < -0.39 is 0 Å². The Labute approximate surface area is 151 Å². The van der Waals surface area contributed by atoms with Crippen LogP contribution in [0.1, 0.15) is 27.0 Å². The fourth-order valence-electron chi connectivity index (χ4n) is 2.44. The molecule has 0 aliphatic carbocycles. The van der Waals surface area contributed by atoms with E-state index in [-0.39, 0.29) is 5.91 Å². The summed E-state index contributed by atoms with van der Waals surface area (Å²) in [6.45, 7) is 2.40. The number of aryl methyl sites for hydroxylation is 1. The van der Waals surface area contributed by atoms with Crippen LogP contribution in [-0.2, 0) is 6.61 Å². The van der Waals surface area contributed by atoms with Gasteiger partial charge in [-0.15, -0.1) is 0 Å². The molecule has 0 saturated heterocycles. The van der Waals surface area contributed by atoms with Gasteiger partial charge < -0.3 is 10.1 Å². The highest BCUT2D eigenvalue weighted by atomic mass is 16.5. The maximum atomic E-state index is 12.4. The number of carbonyl (C=O) groups is 1. The summed E-state index contributed by atoms with van der Waals surface area (Å²) < 4.78 is 5.86. The predicted octanol–water partition coefficient (Wildman–Crippen LogP) is 4.09. The van der Waals surface area contributed by atoms with Gasteiger partial charge in [-0.05, 0) is 48.4 Å². The second-order valence-electron chi connectivity index (χ2n) is 5.71. The minimum Gasteiger partial charge on any atom is -0.485 e. The number of rotatable bonds is 5. The molecule has 0 aliphatic heterocycles. The molecule has 1 aromatic heterocycles. The van der Waals surface area contributed by atoms with Crippen molar-refractivity contribution in [3.05, 3.63) is 89.1 Å². The second kappa shape index (κ2) is 7.95. The lowest BCUT2D eigenvalue weighted by atomic mass is 10.1. The van der Waals surface area contributed by atoms with Crippen LogP contribution in [0.4, 0.5) is 5.82 Å². The van der Waals surface area contributed by atoms with Gasteiger partial charge in [0.05, 0.1) is 11.6 Å². The molecule has 26 heavy (non-hydrogen) atoms. The minimum atomic E-state index is -0.346. The van der Waals surface area contributed by atoms with Crippen molar-refractivity contribution in [2.45, 2.75) is 13.5 Å². The van der Waals surface area contributed by atoms with Gasteiger partial charge in [0, 0.05) is 11.8 Å². The number of ether oxygens (including phenoxy) is 1. The second-order valence-corrected chi connectivity index (χ2v) is 5.71. The summed E-state index contributed by atoms with van der Waals surface area (Å²) in [5, 5.41) is 11.7. The van der Waals surface area contributed by atoms with Crippen molar-refractivity contribution < 1.29 is 9.53 Å². The van der Waals surface area contributed by atoms with E-state index in [1.807, 2.05) is 37.3 Å². The van der Waals surface area contributed by atoms with Crippen molar-refractivity contribution in [3.8, 4) is 11.8 Å². The molecule has 128 valence electrons. The number of amides is 1. The Balaban J connectivity index is 1.75. The van der Waals surface area contributed by atoms with Crippen LogP contribution in [0.3, 0.4) is 0 Å². The van der Waals surface area contributed by atoms with Crippen LogP contribution in [0.25, 0.3) is 0 Å². The summed E-state index contributed by atoms with van der Waals surface area (Å²) in [7, 11) is 0. The standard InChI is InChI=1S/C21H17N3O2/c1-15-6-2-3-8-18(15)14-26-19-10-5-11-23-20(19)24-21(25)17-9-4-7-16(12-17)13-22/h2-12H,14H2,1H3,(H,23,24,25). The Kier molecular flexibility index (Phi) is 5.25. The molecule has 0 saturated carbocycles. The van der Waals surface area contributed by atoms with Gasteiger partial charge in [0.25, 0.3) is 5.91 Å². The third-order valence-electron chi connectivity index (χ3n) is 3.90. The number of nitrogens with one attached hydrogen (secondary N) is 1. The Morgan fingerprint density at radius 3 is 2.81 bits per heavy atom. The van der Waals surface area contributed by atoms with E-state index in [9.17, 15) is 4.79 Å². The number of carbonyl (C=O) groups excluding carboxylic acids is 1. The molecule has 0 bridgehead atoms. The summed E-state index contributed by atoms with van der Waals surface area (Å²) in [6.07, 6.45) is 1.59. The Bertz CT molecular complexity index is 977. The van der Waals surface area contributed by atoms with Gasteiger partial charge in [-0.25, -0.2) is 4.98 Å². The zero-order valence-corrected chi connectivity index (χ0v) is 14.3. The lowest BCUT2D eigenvalue weighted by Crippen LogP contribution is -2.14. The SMILES string of the molecule is Cc1ccccc1COc1cccnc1NC(=O)c1cccc(C#N)c1. The van der Waals surface area contributed by atoms with Crippen molar-refractivity contribution in [2.24, 2.45) is 0 Å². The van der Waals surface area contributed by atoms with Gasteiger partial charge in [0.2, 0.25) is 0 Å². The molecule has 0 fully saturated rings. The maximum Gasteiger partial charge on any atom is 0.256 e. The topological polar surface area (TPSA) is 75.0 Å². The predicted molar refractivity (Wildman–Crippen MR) is 98.9 cm³/mol. The molecular weight excluding hydrogens is 326 g/mol. The molecule has 1 amide bonds. The first-order valence-corrected chi connectivity index (χ1v) is 8.11. The first-order valence-electron chi connectivity index (χ1n) is 8.11. The lowest BCUT2D eigenvalue weighted by molar-refractivity contribution is 0.102. The van der Waals surface area contributed by atoms with Gasteiger partial charge >= 0.3 is 0 Å². The fourth-order valence-corrected chi connectivity index (χ4v) is 2.44. The van der Waals surface area contributed by atoms with Crippen molar-refractivity contribution in [3.63, 3.8) is 0 Å². The van der Waals surface area contributed by atoms with Crippen LogP contribution >= 0.6 is 0 Å². The number of aromatic nitrogens is 1. The summed E-state index contributed by atoms with van der Waals surface area (Å²) in [4.78, 5) is 16.6. The highest BCUT2D eigenvalue weighted by Crippen LogP contribution is 2.23. The van der Waals surface area contributed by atoms with E-state index in [1.165, 1.54) is 6.07 Å². The first kappa shape index (κ1) is 17.2. The molecule has 0 spiro atoms. The number of hydrogen-bond donors (Lipinski definition) is 1. The highest BCUT2D eigenvalue weighted by Gasteiger charge is 2.12. The van der Waals surface area contributed by atoms with Crippen molar-refractivity contribution in [2.75, 3.05) is 5.32 Å². The summed E-state index contributed by atoms with van der Waals surface area (Å²) in [5.41, 5.74) is 3.01. The molecule has 5 heteroatoms. The Morgan fingerprint density at radius 1 is 1.15 bits per heavy atom. The molecule has 3 aromatic rings. The minimum absolute atomic E-state index is 0.341. The Hall–Kier alpha value is -3.65. The molecule has 0 unspecified atom stereocenters. The van der Waals surface area contributed by atoms with Crippen LogP contribution < -0.4 is 10.1 Å². The van der Waals surface area contributed by atoms with E-state index in [0.29, 0.717) is 29.3 Å². The first-order chi connectivity index (χ1) is 12.7. The van der Waals surface area contributed by atoms with E-state index in [0.717, 1.165) is 11.1 Å². The Morgan fingerprint density at radius 2 is 2.00 bits per heavy atom. The molecule has 2 aromatic carbocycles. The maximum absolute atomic E-state index is 12.4. The molecule has 0 aliphatic rings. The van der Waals surface area contributed by atoms with Crippen LogP contribution in [0.2, 0.25) is 0 Å². The number of nitrogens with zero attached hydrogens (tertiary/aromatic N) is 2. The number of benzene rings is 2. The van der Waals surface area contributed by atoms with Gasteiger partial charge in [-0.2, -0.15) is 5.26 Å². The normalized spacial score (nSPS) is 10.0. The average Bonchev–Trinajstić information content (AvgIpc) is 2.68. The van der Waals surface area contributed by atoms with E-state index in [4.69, 9.17) is 10.00 Å². The van der Waals surface area contributed by atoms with Crippen LogP contribution in [0.15, 0.2) is 66.9 Å². The molecule has 3 rings (SSSR count). The highest BCUT2D eigenvalue weighted by molar-refractivity contribution is 6.04. The van der Waals surface area contributed by atoms with Crippen LogP contribution in [0, 0.1) is 18.3 Å². The van der Waals surface area contributed by atoms with Crippen LogP contribution in [-0.4, -0.2) is 10.9 Å². The quantitative estimate of drug-likeness (QED) is 0.757. The monoisotopic (exact) mass is 343 g/mol. The summed E-state index contributed by atoms with van der Waals surface area (Å²) >= 11 is 0. The average molecular weight is 343 g/mol. The number of nitriles is 1. The van der Waals surface area contributed by atoms with E-state index in [2.05, 4.69) is 10.3 Å².